The van der Waals surface area contributed by atoms with E-state index in [4.69, 9.17) is 5.73 Å². The summed E-state index contributed by atoms with van der Waals surface area (Å²) in [7, 11) is 0. The van der Waals surface area contributed by atoms with Crippen LogP contribution in [0.15, 0.2) is 24.3 Å². The van der Waals surface area contributed by atoms with Crippen molar-refractivity contribution >= 4 is 11.6 Å². The van der Waals surface area contributed by atoms with Crippen molar-refractivity contribution in [3.63, 3.8) is 0 Å². The number of amides is 1. The minimum Gasteiger partial charge on any atom is -0.399 e. The van der Waals surface area contributed by atoms with Crippen molar-refractivity contribution in [1.29, 1.82) is 0 Å². The van der Waals surface area contributed by atoms with Crippen molar-refractivity contribution in [2.75, 3.05) is 5.73 Å². The Morgan fingerprint density at radius 2 is 1.90 bits per heavy atom. The highest BCUT2D eigenvalue weighted by Crippen LogP contribution is 2.24. The molecule has 1 amide bonds. The maximum absolute atomic E-state index is 12.3. The van der Waals surface area contributed by atoms with Crippen molar-refractivity contribution in [3.8, 4) is 0 Å². The first-order valence-electron chi connectivity index (χ1n) is 8.21. The van der Waals surface area contributed by atoms with Crippen LogP contribution in [0.2, 0.25) is 0 Å². The molecule has 21 heavy (non-hydrogen) atoms. The third kappa shape index (κ3) is 4.76. The fraction of sp³-hybridized carbons (Fsp3) is 0.611. The largest absolute Gasteiger partial charge is 0.399 e. The summed E-state index contributed by atoms with van der Waals surface area (Å²) in [6.07, 6.45) is 6.76. The number of benzene rings is 1. The minimum atomic E-state index is 0.179. The Kier molecular flexibility index (Phi) is 5.66. The average Bonchev–Trinajstić information content (AvgIpc) is 2.65. The molecule has 0 aromatic heterocycles. The van der Waals surface area contributed by atoms with Crippen LogP contribution in [0.25, 0.3) is 0 Å². The number of hydrogen-bond donors (Lipinski definition) is 2. The second-order valence-corrected chi connectivity index (χ2v) is 6.56. The average molecular weight is 288 g/mol. The molecule has 0 saturated heterocycles. The third-order valence-corrected chi connectivity index (χ3v) is 4.70. The van der Waals surface area contributed by atoms with E-state index in [2.05, 4.69) is 19.2 Å². The van der Waals surface area contributed by atoms with Crippen molar-refractivity contribution in [2.24, 2.45) is 5.92 Å². The maximum Gasteiger partial charge on any atom is 0.220 e. The lowest BCUT2D eigenvalue weighted by Crippen LogP contribution is -2.39. The Labute approximate surface area is 128 Å². The fourth-order valence-electron chi connectivity index (χ4n) is 3.19. The number of nitrogens with one attached hydrogen (secondary N) is 1. The molecule has 1 aliphatic rings. The predicted octanol–water partition coefficient (Wildman–Crippen LogP) is 3.85. The third-order valence-electron chi connectivity index (χ3n) is 4.70. The van der Waals surface area contributed by atoms with Crippen LogP contribution in [0.5, 0.6) is 0 Å². The Morgan fingerprint density at radius 3 is 2.62 bits per heavy atom. The van der Waals surface area contributed by atoms with Crippen molar-refractivity contribution < 1.29 is 4.79 Å². The monoisotopic (exact) mass is 288 g/mol. The summed E-state index contributed by atoms with van der Waals surface area (Å²) in [4.78, 5) is 12.3. The van der Waals surface area contributed by atoms with E-state index in [0.717, 1.165) is 12.1 Å². The Hall–Kier alpha value is -1.51. The summed E-state index contributed by atoms with van der Waals surface area (Å²) in [6, 6.07) is 8.19. The van der Waals surface area contributed by atoms with Gasteiger partial charge in [0.2, 0.25) is 5.91 Å². The van der Waals surface area contributed by atoms with Crippen LogP contribution >= 0.6 is 0 Å². The summed E-state index contributed by atoms with van der Waals surface area (Å²) in [5.74, 6) is 1.01. The zero-order valence-corrected chi connectivity index (χ0v) is 13.3. The first-order valence-corrected chi connectivity index (χ1v) is 8.21. The smallest absolute Gasteiger partial charge is 0.220 e. The van der Waals surface area contributed by atoms with Crippen LogP contribution in [-0.2, 0) is 4.79 Å². The maximum atomic E-state index is 12.3. The number of carbonyl (C=O) groups excluding carboxylic acids is 1. The number of hydrogen-bond acceptors (Lipinski definition) is 2. The van der Waals surface area contributed by atoms with Gasteiger partial charge >= 0.3 is 0 Å². The fourth-order valence-corrected chi connectivity index (χ4v) is 3.19. The zero-order valence-electron chi connectivity index (χ0n) is 13.3. The van der Waals surface area contributed by atoms with Crippen molar-refractivity contribution in [3.05, 3.63) is 29.8 Å². The van der Waals surface area contributed by atoms with Crippen LogP contribution in [-0.4, -0.2) is 11.9 Å². The first kappa shape index (κ1) is 15.9. The van der Waals surface area contributed by atoms with Crippen LogP contribution in [0.4, 0.5) is 5.69 Å². The molecule has 3 heteroatoms. The number of nitrogens with two attached hydrogens (primary N) is 1. The molecule has 3 nitrogen and oxygen atoms in total. The second-order valence-electron chi connectivity index (χ2n) is 6.56. The molecule has 116 valence electrons. The molecule has 0 radical (unpaired) electrons. The number of nitrogen functional groups attached to an aromatic ring is 1. The molecule has 1 aromatic carbocycles. The molecule has 0 spiro atoms. The summed E-state index contributed by atoms with van der Waals surface area (Å²) >= 11 is 0. The van der Waals surface area contributed by atoms with Gasteiger partial charge in [-0.15, -0.1) is 0 Å². The van der Waals surface area contributed by atoms with Gasteiger partial charge in [0.15, 0.2) is 0 Å². The van der Waals surface area contributed by atoms with E-state index < -0.39 is 0 Å². The van der Waals surface area contributed by atoms with E-state index >= 15 is 0 Å². The first-order chi connectivity index (χ1) is 10.1. The van der Waals surface area contributed by atoms with E-state index in [0.29, 0.717) is 18.4 Å². The Balaban J connectivity index is 1.87. The Morgan fingerprint density at radius 1 is 1.24 bits per heavy atom. The van der Waals surface area contributed by atoms with E-state index in [-0.39, 0.29) is 11.8 Å². The van der Waals surface area contributed by atoms with Gasteiger partial charge in [-0.05, 0) is 42.4 Å². The van der Waals surface area contributed by atoms with Gasteiger partial charge in [0.1, 0.15) is 0 Å². The molecule has 0 aliphatic heterocycles. The molecule has 1 fully saturated rings. The summed E-state index contributed by atoms with van der Waals surface area (Å²) < 4.78 is 0. The SMILES string of the molecule is CC(CC(=O)NC1CCCCCC1C)c1ccc(N)cc1. The highest BCUT2D eigenvalue weighted by atomic mass is 16.1. The molecule has 3 unspecified atom stereocenters. The topological polar surface area (TPSA) is 55.1 Å². The normalized spacial score (nSPS) is 24.1. The van der Waals surface area contributed by atoms with Gasteiger partial charge in [-0.3, -0.25) is 4.79 Å². The number of carbonyl (C=O) groups is 1. The summed E-state index contributed by atoms with van der Waals surface area (Å²) in [5, 5.41) is 3.26. The Bertz CT molecular complexity index is 455. The van der Waals surface area contributed by atoms with Crippen LogP contribution in [0.1, 0.15) is 63.9 Å². The van der Waals surface area contributed by atoms with Gasteiger partial charge in [-0.2, -0.15) is 0 Å². The van der Waals surface area contributed by atoms with Gasteiger partial charge in [0.25, 0.3) is 0 Å². The lowest BCUT2D eigenvalue weighted by atomic mass is 9.94. The summed E-state index contributed by atoms with van der Waals surface area (Å²) in [6.45, 7) is 4.36. The molecule has 0 bridgehead atoms. The summed E-state index contributed by atoms with van der Waals surface area (Å²) in [5.41, 5.74) is 7.64. The van der Waals surface area contributed by atoms with Gasteiger partial charge < -0.3 is 11.1 Å². The van der Waals surface area contributed by atoms with E-state index in [1.165, 1.54) is 31.2 Å². The van der Waals surface area contributed by atoms with Gasteiger partial charge in [0.05, 0.1) is 0 Å². The predicted molar refractivity (Wildman–Crippen MR) is 88.1 cm³/mol. The minimum absolute atomic E-state index is 0.179. The van der Waals surface area contributed by atoms with Crippen LogP contribution in [0.3, 0.4) is 0 Å². The van der Waals surface area contributed by atoms with Crippen LogP contribution in [0, 0.1) is 5.92 Å². The highest BCUT2D eigenvalue weighted by Gasteiger charge is 2.22. The molecular formula is C18H28N2O. The number of anilines is 1. The van der Waals surface area contributed by atoms with Gasteiger partial charge in [0, 0.05) is 18.2 Å². The zero-order chi connectivity index (χ0) is 15.2. The molecule has 3 atom stereocenters. The van der Waals surface area contributed by atoms with E-state index in [1.807, 2.05) is 24.3 Å². The lowest BCUT2D eigenvalue weighted by Gasteiger charge is -2.23. The quantitative estimate of drug-likeness (QED) is 0.653. The molecule has 0 heterocycles. The second kappa shape index (κ2) is 7.48. The molecule has 3 N–H and O–H groups in total. The standard InChI is InChI=1S/C18H28N2O/c1-13-6-4-3-5-7-17(13)20-18(21)12-14(2)15-8-10-16(19)11-9-15/h8-11,13-14,17H,3-7,12,19H2,1-2H3,(H,20,21). The molecular weight excluding hydrogens is 260 g/mol. The van der Waals surface area contributed by atoms with Crippen molar-refractivity contribution in [1.82, 2.24) is 5.32 Å². The molecule has 1 saturated carbocycles. The molecule has 1 aromatic rings. The highest BCUT2D eigenvalue weighted by molar-refractivity contribution is 5.77. The van der Waals surface area contributed by atoms with E-state index in [9.17, 15) is 4.79 Å². The molecule has 1 aliphatic carbocycles. The van der Waals surface area contributed by atoms with Gasteiger partial charge in [-0.25, -0.2) is 0 Å². The van der Waals surface area contributed by atoms with Crippen LogP contribution < -0.4 is 11.1 Å². The van der Waals surface area contributed by atoms with E-state index in [1.54, 1.807) is 0 Å². The molecule has 2 rings (SSSR count). The van der Waals surface area contributed by atoms with Crippen molar-refractivity contribution in [2.45, 2.75) is 64.3 Å². The lowest BCUT2D eigenvalue weighted by molar-refractivity contribution is -0.122. The van der Waals surface area contributed by atoms with Gasteiger partial charge in [-0.1, -0.05) is 45.2 Å². The number of rotatable bonds is 4.